The standard InChI is InChI=1S/C12H13ClFNO3/c13-7-3-8(14)5-9(4-7)15-6-10-1-2-11(18-10)12(16)17/h3-5,10-11,15H,1-2,6H2,(H,16,17). The summed E-state index contributed by atoms with van der Waals surface area (Å²) in [5.74, 6) is -1.35. The normalized spacial score (nSPS) is 23.0. The summed E-state index contributed by atoms with van der Waals surface area (Å²) in [6, 6.07) is 4.16. The smallest absolute Gasteiger partial charge is 0.332 e. The van der Waals surface area contributed by atoms with Gasteiger partial charge in [-0.05, 0) is 31.0 Å². The molecule has 2 unspecified atom stereocenters. The summed E-state index contributed by atoms with van der Waals surface area (Å²) >= 11 is 5.72. The molecule has 1 saturated heterocycles. The van der Waals surface area contributed by atoms with Crippen molar-refractivity contribution in [2.75, 3.05) is 11.9 Å². The van der Waals surface area contributed by atoms with Gasteiger partial charge in [0.2, 0.25) is 0 Å². The third-order valence-electron chi connectivity index (χ3n) is 2.78. The van der Waals surface area contributed by atoms with Crippen LogP contribution in [0.3, 0.4) is 0 Å². The Labute approximate surface area is 109 Å². The number of carbonyl (C=O) groups is 1. The van der Waals surface area contributed by atoms with Gasteiger partial charge in [0.05, 0.1) is 6.10 Å². The second kappa shape index (κ2) is 5.54. The molecule has 0 aliphatic carbocycles. The summed E-state index contributed by atoms with van der Waals surface area (Å²) in [6.45, 7) is 0.434. The lowest BCUT2D eigenvalue weighted by Crippen LogP contribution is -2.24. The SMILES string of the molecule is O=C(O)C1CCC(CNc2cc(F)cc(Cl)c2)O1. The van der Waals surface area contributed by atoms with E-state index in [0.29, 0.717) is 30.1 Å². The molecule has 1 aromatic carbocycles. The number of anilines is 1. The largest absolute Gasteiger partial charge is 0.479 e. The fourth-order valence-corrected chi connectivity index (χ4v) is 2.15. The number of nitrogens with one attached hydrogen (secondary N) is 1. The zero-order valence-corrected chi connectivity index (χ0v) is 10.3. The summed E-state index contributed by atoms with van der Waals surface area (Å²) in [4.78, 5) is 10.7. The van der Waals surface area contributed by atoms with Crippen molar-refractivity contribution < 1.29 is 19.0 Å². The number of ether oxygens (including phenoxy) is 1. The summed E-state index contributed by atoms with van der Waals surface area (Å²) in [5.41, 5.74) is 0.558. The number of aliphatic carboxylic acids is 1. The van der Waals surface area contributed by atoms with Crippen molar-refractivity contribution in [2.24, 2.45) is 0 Å². The molecule has 0 saturated carbocycles. The lowest BCUT2D eigenvalue weighted by Gasteiger charge is -2.13. The van der Waals surface area contributed by atoms with Crippen molar-refractivity contribution in [1.29, 1.82) is 0 Å². The highest BCUT2D eigenvalue weighted by atomic mass is 35.5. The maximum atomic E-state index is 13.1. The molecule has 1 fully saturated rings. The van der Waals surface area contributed by atoms with Crippen LogP contribution in [0.15, 0.2) is 18.2 Å². The fraction of sp³-hybridized carbons (Fsp3) is 0.417. The molecule has 0 aromatic heterocycles. The van der Waals surface area contributed by atoms with Crippen molar-refractivity contribution in [3.63, 3.8) is 0 Å². The minimum absolute atomic E-state index is 0.173. The number of hydrogen-bond donors (Lipinski definition) is 2. The lowest BCUT2D eigenvalue weighted by molar-refractivity contribution is -0.149. The molecule has 0 bridgehead atoms. The van der Waals surface area contributed by atoms with Crippen LogP contribution >= 0.6 is 11.6 Å². The molecule has 0 amide bonds. The molecule has 18 heavy (non-hydrogen) atoms. The Bertz CT molecular complexity index is 435. The van der Waals surface area contributed by atoms with Gasteiger partial charge in [0.25, 0.3) is 0 Å². The summed E-state index contributed by atoms with van der Waals surface area (Å²) in [6.07, 6.45) is 0.277. The third-order valence-corrected chi connectivity index (χ3v) is 3.00. The van der Waals surface area contributed by atoms with E-state index in [4.69, 9.17) is 21.4 Å². The van der Waals surface area contributed by atoms with E-state index >= 15 is 0 Å². The van der Waals surface area contributed by atoms with Gasteiger partial charge in [-0.25, -0.2) is 9.18 Å². The Balaban J connectivity index is 1.87. The van der Waals surface area contributed by atoms with Crippen LogP contribution in [0.1, 0.15) is 12.8 Å². The number of carboxylic acids is 1. The van der Waals surface area contributed by atoms with Gasteiger partial charge >= 0.3 is 5.97 Å². The molecule has 2 rings (SSSR count). The van der Waals surface area contributed by atoms with Gasteiger partial charge in [0, 0.05) is 17.3 Å². The van der Waals surface area contributed by atoms with E-state index in [-0.39, 0.29) is 6.10 Å². The molecule has 1 aliphatic rings. The molecule has 98 valence electrons. The number of carboxylic acid groups (broad SMARTS) is 1. The molecule has 0 spiro atoms. The van der Waals surface area contributed by atoms with E-state index in [0.717, 1.165) is 0 Å². The predicted molar refractivity (Wildman–Crippen MR) is 65.4 cm³/mol. The molecule has 1 aromatic rings. The Hall–Kier alpha value is -1.33. The molecule has 4 nitrogen and oxygen atoms in total. The number of halogens is 2. The summed E-state index contributed by atoms with van der Waals surface area (Å²) in [5, 5.41) is 12.1. The van der Waals surface area contributed by atoms with E-state index in [9.17, 15) is 9.18 Å². The Morgan fingerprint density at radius 1 is 1.50 bits per heavy atom. The highest BCUT2D eigenvalue weighted by Gasteiger charge is 2.30. The first-order chi connectivity index (χ1) is 8.54. The van der Waals surface area contributed by atoms with E-state index < -0.39 is 17.9 Å². The van der Waals surface area contributed by atoms with E-state index in [2.05, 4.69) is 5.32 Å². The third kappa shape index (κ3) is 3.34. The van der Waals surface area contributed by atoms with Crippen LogP contribution in [0.25, 0.3) is 0 Å². The first kappa shape index (κ1) is 13.1. The Kier molecular flexibility index (Phi) is 4.04. The van der Waals surface area contributed by atoms with Gasteiger partial charge in [0.1, 0.15) is 5.82 Å². The highest BCUT2D eigenvalue weighted by Crippen LogP contribution is 2.22. The Morgan fingerprint density at radius 2 is 2.28 bits per heavy atom. The van der Waals surface area contributed by atoms with Crippen LogP contribution in [-0.2, 0) is 9.53 Å². The van der Waals surface area contributed by atoms with Gasteiger partial charge < -0.3 is 15.2 Å². The summed E-state index contributed by atoms with van der Waals surface area (Å²) in [7, 11) is 0. The van der Waals surface area contributed by atoms with E-state index in [1.54, 1.807) is 6.07 Å². The molecule has 0 radical (unpaired) electrons. The van der Waals surface area contributed by atoms with E-state index in [1.807, 2.05) is 0 Å². The van der Waals surface area contributed by atoms with Crippen LogP contribution in [0.4, 0.5) is 10.1 Å². The topological polar surface area (TPSA) is 58.6 Å². The zero-order chi connectivity index (χ0) is 13.1. The molecule has 1 aliphatic heterocycles. The molecule has 6 heteroatoms. The van der Waals surface area contributed by atoms with Crippen LogP contribution in [0.2, 0.25) is 5.02 Å². The minimum Gasteiger partial charge on any atom is -0.479 e. The number of hydrogen-bond acceptors (Lipinski definition) is 3. The fourth-order valence-electron chi connectivity index (χ4n) is 1.93. The average molecular weight is 274 g/mol. The lowest BCUT2D eigenvalue weighted by atomic mass is 10.2. The van der Waals surface area contributed by atoms with Crippen LogP contribution in [-0.4, -0.2) is 29.8 Å². The average Bonchev–Trinajstić information content (AvgIpc) is 2.73. The number of benzene rings is 1. The molecule has 2 N–H and O–H groups in total. The van der Waals surface area contributed by atoms with Gasteiger partial charge in [-0.15, -0.1) is 0 Å². The Morgan fingerprint density at radius 3 is 2.89 bits per heavy atom. The molecule has 2 atom stereocenters. The predicted octanol–water partition coefficient (Wildman–Crippen LogP) is 2.52. The maximum Gasteiger partial charge on any atom is 0.332 e. The second-order valence-electron chi connectivity index (χ2n) is 4.20. The molecular formula is C12H13ClFNO3. The zero-order valence-electron chi connectivity index (χ0n) is 9.53. The highest BCUT2D eigenvalue weighted by molar-refractivity contribution is 6.30. The quantitative estimate of drug-likeness (QED) is 0.885. The van der Waals surface area contributed by atoms with Crippen molar-refractivity contribution in [3.8, 4) is 0 Å². The summed E-state index contributed by atoms with van der Waals surface area (Å²) < 4.78 is 18.4. The first-order valence-electron chi connectivity index (χ1n) is 5.63. The first-order valence-corrected chi connectivity index (χ1v) is 6.00. The van der Waals surface area contributed by atoms with Gasteiger partial charge in [0.15, 0.2) is 6.10 Å². The van der Waals surface area contributed by atoms with Crippen molar-refractivity contribution in [1.82, 2.24) is 0 Å². The monoisotopic (exact) mass is 273 g/mol. The van der Waals surface area contributed by atoms with Gasteiger partial charge in [-0.1, -0.05) is 11.6 Å². The minimum atomic E-state index is -0.939. The van der Waals surface area contributed by atoms with Gasteiger partial charge in [-0.3, -0.25) is 0 Å². The van der Waals surface area contributed by atoms with E-state index in [1.165, 1.54) is 12.1 Å². The molecular weight excluding hydrogens is 261 g/mol. The van der Waals surface area contributed by atoms with Crippen LogP contribution < -0.4 is 5.32 Å². The van der Waals surface area contributed by atoms with Crippen molar-refractivity contribution in [3.05, 3.63) is 29.0 Å². The van der Waals surface area contributed by atoms with Crippen LogP contribution in [0, 0.1) is 5.82 Å². The maximum absolute atomic E-state index is 13.1. The molecule has 1 heterocycles. The van der Waals surface area contributed by atoms with Gasteiger partial charge in [-0.2, -0.15) is 0 Å². The van der Waals surface area contributed by atoms with Crippen LogP contribution in [0.5, 0.6) is 0 Å². The van der Waals surface area contributed by atoms with Crippen molar-refractivity contribution >= 4 is 23.3 Å². The number of rotatable bonds is 4. The van der Waals surface area contributed by atoms with Crippen molar-refractivity contribution in [2.45, 2.75) is 25.0 Å². The second-order valence-corrected chi connectivity index (χ2v) is 4.64.